The highest BCUT2D eigenvalue weighted by Gasteiger charge is 2.26. The lowest BCUT2D eigenvalue weighted by molar-refractivity contribution is -0.123. The van der Waals surface area contributed by atoms with Crippen LogP contribution in [0.5, 0.6) is 0 Å². The third-order valence-electron chi connectivity index (χ3n) is 2.86. The summed E-state index contributed by atoms with van der Waals surface area (Å²) >= 11 is 0. The van der Waals surface area contributed by atoms with Gasteiger partial charge in [0.1, 0.15) is 9.84 Å². The molecule has 5 nitrogen and oxygen atoms in total. The monoisotopic (exact) mass is 262 g/mol. The van der Waals surface area contributed by atoms with E-state index in [-0.39, 0.29) is 35.5 Å². The fourth-order valence-electron chi connectivity index (χ4n) is 1.90. The first kappa shape index (κ1) is 14.4. The lowest BCUT2D eigenvalue weighted by Crippen LogP contribution is -2.50. The second kappa shape index (κ2) is 5.82. The van der Waals surface area contributed by atoms with E-state index in [0.717, 1.165) is 0 Å². The van der Waals surface area contributed by atoms with Crippen molar-refractivity contribution in [1.82, 2.24) is 10.6 Å². The molecule has 1 rings (SSSR count). The molecule has 1 aliphatic heterocycles. The number of carbonyl (C=O) groups excluding carboxylic acids is 1. The molecule has 1 aliphatic rings. The SMILES string of the molecule is CC(C)NC(=O)C(C)NC1CCS(=O)(=O)CC1. The van der Waals surface area contributed by atoms with Crippen LogP contribution < -0.4 is 10.6 Å². The predicted molar refractivity (Wildman–Crippen MR) is 67.6 cm³/mol. The second-order valence-corrected chi connectivity index (χ2v) is 7.28. The molecule has 0 aromatic carbocycles. The van der Waals surface area contributed by atoms with Gasteiger partial charge in [0, 0.05) is 12.1 Å². The Morgan fingerprint density at radius 1 is 1.18 bits per heavy atom. The van der Waals surface area contributed by atoms with Crippen LogP contribution >= 0.6 is 0 Å². The molecule has 0 saturated carbocycles. The van der Waals surface area contributed by atoms with Crippen molar-refractivity contribution in [2.45, 2.75) is 51.7 Å². The Balaban J connectivity index is 2.37. The fraction of sp³-hybridized carbons (Fsp3) is 0.909. The van der Waals surface area contributed by atoms with E-state index >= 15 is 0 Å². The molecule has 100 valence electrons. The lowest BCUT2D eigenvalue weighted by atomic mass is 10.1. The van der Waals surface area contributed by atoms with E-state index in [1.807, 2.05) is 13.8 Å². The van der Waals surface area contributed by atoms with Gasteiger partial charge in [-0.2, -0.15) is 0 Å². The van der Waals surface area contributed by atoms with Crippen LogP contribution in [0.25, 0.3) is 0 Å². The molecule has 1 heterocycles. The van der Waals surface area contributed by atoms with Crippen molar-refractivity contribution in [3.05, 3.63) is 0 Å². The average molecular weight is 262 g/mol. The van der Waals surface area contributed by atoms with E-state index in [9.17, 15) is 13.2 Å². The summed E-state index contributed by atoms with van der Waals surface area (Å²) in [6, 6.07) is -0.0203. The van der Waals surface area contributed by atoms with Crippen molar-refractivity contribution in [1.29, 1.82) is 0 Å². The van der Waals surface area contributed by atoms with Gasteiger partial charge in [-0.25, -0.2) is 8.42 Å². The Morgan fingerprint density at radius 2 is 1.71 bits per heavy atom. The summed E-state index contributed by atoms with van der Waals surface area (Å²) in [5.41, 5.74) is 0. The van der Waals surface area contributed by atoms with Gasteiger partial charge >= 0.3 is 0 Å². The van der Waals surface area contributed by atoms with Crippen molar-refractivity contribution < 1.29 is 13.2 Å². The molecule has 0 spiro atoms. The standard InChI is InChI=1S/C11H22N2O3S/c1-8(2)12-11(14)9(3)13-10-4-6-17(15,16)7-5-10/h8-10,13H,4-7H2,1-3H3,(H,12,14). The van der Waals surface area contributed by atoms with Gasteiger partial charge in [-0.15, -0.1) is 0 Å². The molecule has 1 amide bonds. The Morgan fingerprint density at radius 3 is 2.18 bits per heavy atom. The highest BCUT2D eigenvalue weighted by molar-refractivity contribution is 7.91. The van der Waals surface area contributed by atoms with Crippen LogP contribution in [0.15, 0.2) is 0 Å². The number of carbonyl (C=O) groups is 1. The molecule has 17 heavy (non-hydrogen) atoms. The first-order chi connectivity index (χ1) is 7.80. The van der Waals surface area contributed by atoms with Crippen LogP contribution in [0.4, 0.5) is 0 Å². The molecule has 0 aromatic rings. The maximum Gasteiger partial charge on any atom is 0.237 e. The topological polar surface area (TPSA) is 75.3 Å². The van der Waals surface area contributed by atoms with E-state index in [2.05, 4.69) is 10.6 Å². The molecule has 6 heteroatoms. The summed E-state index contributed by atoms with van der Waals surface area (Å²) in [4.78, 5) is 11.7. The van der Waals surface area contributed by atoms with Gasteiger partial charge in [0.25, 0.3) is 0 Å². The smallest absolute Gasteiger partial charge is 0.237 e. The number of nitrogens with one attached hydrogen (secondary N) is 2. The van der Waals surface area contributed by atoms with Crippen LogP contribution in [-0.4, -0.2) is 44.0 Å². The van der Waals surface area contributed by atoms with Crippen LogP contribution in [0.2, 0.25) is 0 Å². The second-order valence-electron chi connectivity index (χ2n) is 4.98. The molecule has 1 fully saturated rings. The minimum absolute atomic E-state index is 0.0339. The maximum atomic E-state index is 11.7. The minimum atomic E-state index is -2.83. The normalized spacial score (nSPS) is 22.4. The quantitative estimate of drug-likeness (QED) is 0.751. The number of amides is 1. The van der Waals surface area contributed by atoms with Gasteiger partial charge in [-0.3, -0.25) is 4.79 Å². The van der Waals surface area contributed by atoms with Crippen LogP contribution in [0.1, 0.15) is 33.6 Å². The van der Waals surface area contributed by atoms with Crippen LogP contribution in [0.3, 0.4) is 0 Å². The van der Waals surface area contributed by atoms with Crippen molar-refractivity contribution in [2.24, 2.45) is 0 Å². The zero-order valence-electron chi connectivity index (χ0n) is 10.7. The van der Waals surface area contributed by atoms with Crippen molar-refractivity contribution in [3.8, 4) is 0 Å². The van der Waals surface area contributed by atoms with Gasteiger partial charge in [-0.1, -0.05) is 0 Å². The molecule has 1 unspecified atom stereocenters. The molecule has 2 N–H and O–H groups in total. The summed E-state index contributed by atoms with van der Waals surface area (Å²) in [7, 11) is -2.83. The highest BCUT2D eigenvalue weighted by Crippen LogP contribution is 2.12. The minimum Gasteiger partial charge on any atom is -0.353 e. The zero-order valence-corrected chi connectivity index (χ0v) is 11.5. The molecule has 0 aromatic heterocycles. The van der Waals surface area contributed by atoms with Crippen LogP contribution in [0, 0.1) is 0 Å². The lowest BCUT2D eigenvalue weighted by Gasteiger charge is -2.26. The molecule has 0 aliphatic carbocycles. The summed E-state index contributed by atoms with van der Waals surface area (Å²) in [6.07, 6.45) is 1.20. The number of sulfone groups is 1. The number of hydrogen-bond acceptors (Lipinski definition) is 4. The molecule has 0 bridgehead atoms. The fourth-order valence-corrected chi connectivity index (χ4v) is 3.39. The molecule has 1 saturated heterocycles. The number of hydrogen-bond donors (Lipinski definition) is 2. The molecular weight excluding hydrogens is 240 g/mol. The predicted octanol–water partition coefficient (Wildman–Crippen LogP) is 0.0663. The van der Waals surface area contributed by atoms with Gasteiger partial charge in [0.2, 0.25) is 5.91 Å². The third-order valence-corrected chi connectivity index (χ3v) is 4.58. The van der Waals surface area contributed by atoms with Crippen molar-refractivity contribution in [2.75, 3.05) is 11.5 Å². The van der Waals surface area contributed by atoms with Gasteiger partial charge in [0.05, 0.1) is 17.5 Å². The molecule has 0 radical (unpaired) electrons. The Kier molecular flexibility index (Phi) is 4.94. The third kappa shape index (κ3) is 5.04. The first-order valence-corrected chi connectivity index (χ1v) is 7.89. The summed E-state index contributed by atoms with van der Waals surface area (Å²) in [6.45, 7) is 5.64. The maximum absolute atomic E-state index is 11.7. The van der Waals surface area contributed by atoms with E-state index in [1.165, 1.54) is 0 Å². The highest BCUT2D eigenvalue weighted by atomic mass is 32.2. The largest absolute Gasteiger partial charge is 0.353 e. The summed E-state index contributed by atoms with van der Waals surface area (Å²) in [5.74, 6) is 0.417. The van der Waals surface area contributed by atoms with E-state index in [1.54, 1.807) is 6.92 Å². The van der Waals surface area contributed by atoms with E-state index in [4.69, 9.17) is 0 Å². The van der Waals surface area contributed by atoms with Crippen LogP contribution in [-0.2, 0) is 14.6 Å². The molecular formula is C11H22N2O3S. The molecule has 1 atom stereocenters. The van der Waals surface area contributed by atoms with Gasteiger partial charge < -0.3 is 10.6 Å². The van der Waals surface area contributed by atoms with Crippen molar-refractivity contribution in [3.63, 3.8) is 0 Å². The van der Waals surface area contributed by atoms with Gasteiger partial charge in [-0.05, 0) is 33.6 Å². The van der Waals surface area contributed by atoms with E-state index < -0.39 is 9.84 Å². The van der Waals surface area contributed by atoms with Gasteiger partial charge in [0.15, 0.2) is 0 Å². The first-order valence-electron chi connectivity index (χ1n) is 6.07. The average Bonchev–Trinajstić information content (AvgIpc) is 2.20. The van der Waals surface area contributed by atoms with Crippen molar-refractivity contribution >= 4 is 15.7 Å². The summed E-state index contributed by atoms with van der Waals surface area (Å²) < 4.78 is 22.5. The Bertz CT molecular complexity index is 351. The zero-order chi connectivity index (χ0) is 13.1. The Hall–Kier alpha value is -0.620. The number of rotatable bonds is 4. The summed E-state index contributed by atoms with van der Waals surface area (Å²) in [5, 5.41) is 6.01. The van der Waals surface area contributed by atoms with E-state index in [0.29, 0.717) is 12.8 Å². The Labute approximate surface area is 103 Å².